The summed E-state index contributed by atoms with van der Waals surface area (Å²) in [5, 5.41) is 0. The van der Waals surface area contributed by atoms with Crippen molar-refractivity contribution in [1.29, 1.82) is 0 Å². The summed E-state index contributed by atoms with van der Waals surface area (Å²) >= 11 is 0. The molecule has 28 heavy (non-hydrogen) atoms. The van der Waals surface area contributed by atoms with Crippen molar-refractivity contribution in [2.75, 3.05) is 20.2 Å². The van der Waals surface area contributed by atoms with Gasteiger partial charge in [0.1, 0.15) is 6.61 Å². The second-order valence-corrected chi connectivity index (χ2v) is 8.48. The van der Waals surface area contributed by atoms with Gasteiger partial charge < -0.3 is 9.47 Å². The number of benzene rings is 2. The Morgan fingerprint density at radius 1 is 1.11 bits per heavy atom. The standard InChI is InChI=1S/C20H22FNO5S/c1-26-19-9-8-15(12-18(19)21)14-27-20(23)16-6-5-7-17(13-16)28(24,25)22-10-3-2-4-11-22/h5-9,12-13H,2-4,10-11,14H2,1H3. The lowest BCUT2D eigenvalue weighted by Gasteiger charge is -2.25. The van der Waals surface area contributed by atoms with E-state index in [0.717, 1.165) is 19.3 Å². The quantitative estimate of drug-likeness (QED) is 0.687. The number of piperidine rings is 1. The van der Waals surface area contributed by atoms with Crippen molar-refractivity contribution >= 4 is 16.0 Å². The molecule has 1 heterocycles. The number of carbonyl (C=O) groups excluding carboxylic acids is 1. The molecule has 6 nitrogen and oxygen atoms in total. The van der Waals surface area contributed by atoms with Gasteiger partial charge in [0.15, 0.2) is 11.6 Å². The average molecular weight is 407 g/mol. The lowest BCUT2D eigenvalue weighted by molar-refractivity contribution is 0.0472. The number of ether oxygens (including phenoxy) is 2. The topological polar surface area (TPSA) is 72.9 Å². The van der Waals surface area contributed by atoms with Gasteiger partial charge in [-0.25, -0.2) is 17.6 Å². The lowest BCUT2D eigenvalue weighted by atomic mass is 10.2. The van der Waals surface area contributed by atoms with Crippen LogP contribution in [0.2, 0.25) is 0 Å². The molecule has 0 bridgehead atoms. The number of carbonyl (C=O) groups is 1. The van der Waals surface area contributed by atoms with Crippen LogP contribution in [0.5, 0.6) is 5.75 Å². The first-order valence-corrected chi connectivity index (χ1v) is 10.5. The Balaban J connectivity index is 1.71. The van der Waals surface area contributed by atoms with Crippen molar-refractivity contribution in [2.45, 2.75) is 30.8 Å². The summed E-state index contributed by atoms with van der Waals surface area (Å²) in [6.07, 6.45) is 2.68. The average Bonchev–Trinajstić information content (AvgIpc) is 2.73. The van der Waals surface area contributed by atoms with E-state index in [0.29, 0.717) is 18.7 Å². The number of sulfonamides is 1. The second-order valence-electron chi connectivity index (χ2n) is 6.54. The Hall–Kier alpha value is -2.45. The first-order chi connectivity index (χ1) is 13.4. The van der Waals surface area contributed by atoms with E-state index >= 15 is 0 Å². The van der Waals surface area contributed by atoms with Crippen LogP contribution in [0, 0.1) is 5.82 Å². The van der Waals surface area contributed by atoms with Crippen LogP contribution in [0.15, 0.2) is 47.4 Å². The maximum Gasteiger partial charge on any atom is 0.338 e. The van der Waals surface area contributed by atoms with Crippen molar-refractivity contribution in [3.63, 3.8) is 0 Å². The number of halogens is 1. The number of nitrogens with zero attached hydrogens (tertiary/aromatic N) is 1. The van der Waals surface area contributed by atoms with Gasteiger partial charge in [-0.05, 0) is 48.7 Å². The van der Waals surface area contributed by atoms with Crippen LogP contribution < -0.4 is 4.74 Å². The normalized spacial score (nSPS) is 15.2. The lowest BCUT2D eigenvalue weighted by Crippen LogP contribution is -2.35. The van der Waals surface area contributed by atoms with E-state index in [1.807, 2.05) is 0 Å². The van der Waals surface area contributed by atoms with Crippen LogP contribution in [0.3, 0.4) is 0 Å². The Labute approximate surface area is 163 Å². The Bertz CT molecular complexity index is 955. The molecule has 0 unspecified atom stereocenters. The van der Waals surface area contributed by atoms with Crippen LogP contribution >= 0.6 is 0 Å². The van der Waals surface area contributed by atoms with Crippen LogP contribution in [-0.4, -0.2) is 38.9 Å². The van der Waals surface area contributed by atoms with E-state index in [2.05, 4.69) is 0 Å². The largest absolute Gasteiger partial charge is 0.494 e. The monoisotopic (exact) mass is 407 g/mol. The predicted molar refractivity (Wildman–Crippen MR) is 101 cm³/mol. The molecule has 0 aromatic heterocycles. The molecular weight excluding hydrogens is 385 g/mol. The molecule has 0 amide bonds. The first-order valence-electron chi connectivity index (χ1n) is 9.01. The number of rotatable bonds is 6. The van der Waals surface area contributed by atoms with E-state index in [-0.39, 0.29) is 22.8 Å². The van der Waals surface area contributed by atoms with Crippen LogP contribution in [-0.2, 0) is 21.4 Å². The van der Waals surface area contributed by atoms with E-state index in [4.69, 9.17) is 9.47 Å². The summed E-state index contributed by atoms with van der Waals surface area (Å²) < 4.78 is 50.7. The fourth-order valence-corrected chi connectivity index (χ4v) is 4.63. The highest BCUT2D eigenvalue weighted by atomic mass is 32.2. The molecule has 0 spiro atoms. The zero-order valence-corrected chi connectivity index (χ0v) is 16.4. The third kappa shape index (κ3) is 4.51. The first kappa shape index (κ1) is 20.3. The minimum absolute atomic E-state index is 0.0688. The van der Waals surface area contributed by atoms with Crippen molar-refractivity contribution in [3.05, 3.63) is 59.4 Å². The summed E-state index contributed by atoms with van der Waals surface area (Å²) in [5.74, 6) is -1.12. The summed E-state index contributed by atoms with van der Waals surface area (Å²) in [6, 6.07) is 10.1. The van der Waals surface area contributed by atoms with E-state index < -0.39 is 21.8 Å². The van der Waals surface area contributed by atoms with Gasteiger partial charge in [-0.15, -0.1) is 0 Å². The molecule has 1 fully saturated rings. The van der Waals surface area contributed by atoms with Crippen molar-refractivity contribution in [3.8, 4) is 5.75 Å². The Kier molecular flexibility index (Phi) is 6.31. The van der Waals surface area contributed by atoms with Crippen molar-refractivity contribution in [2.24, 2.45) is 0 Å². The highest BCUT2D eigenvalue weighted by Crippen LogP contribution is 2.22. The Morgan fingerprint density at radius 3 is 2.54 bits per heavy atom. The molecule has 0 saturated carbocycles. The minimum atomic E-state index is -3.64. The molecule has 0 N–H and O–H groups in total. The summed E-state index contributed by atoms with van der Waals surface area (Å²) in [5.41, 5.74) is 0.593. The van der Waals surface area contributed by atoms with E-state index in [1.165, 1.54) is 47.8 Å². The van der Waals surface area contributed by atoms with Gasteiger partial charge in [0.05, 0.1) is 17.6 Å². The van der Waals surface area contributed by atoms with Gasteiger partial charge in [-0.2, -0.15) is 4.31 Å². The molecule has 3 rings (SSSR count). The summed E-state index contributed by atoms with van der Waals surface area (Å²) in [4.78, 5) is 12.4. The van der Waals surface area contributed by atoms with Crippen molar-refractivity contribution in [1.82, 2.24) is 4.31 Å². The second kappa shape index (κ2) is 8.70. The zero-order chi connectivity index (χ0) is 20.1. The van der Waals surface area contributed by atoms with Gasteiger partial charge in [-0.1, -0.05) is 18.6 Å². The molecule has 1 saturated heterocycles. The molecule has 0 atom stereocenters. The van der Waals surface area contributed by atoms with Crippen molar-refractivity contribution < 1.29 is 27.1 Å². The Morgan fingerprint density at radius 2 is 1.86 bits per heavy atom. The molecule has 2 aromatic rings. The molecule has 8 heteroatoms. The van der Waals surface area contributed by atoms with Gasteiger partial charge in [0.2, 0.25) is 10.0 Å². The smallest absolute Gasteiger partial charge is 0.338 e. The third-order valence-corrected chi connectivity index (χ3v) is 6.50. The third-order valence-electron chi connectivity index (χ3n) is 4.61. The molecule has 150 valence electrons. The van der Waals surface area contributed by atoms with E-state index in [9.17, 15) is 17.6 Å². The number of hydrogen-bond acceptors (Lipinski definition) is 5. The fraction of sp³-hybridized carbons (Fsp3) is 0.350. The molecule has 1 aliphatic heterocycles. The van der Waals surface area contributed by atoms with Gasteiger partial charge in [-0.3, -0.25) is 0 Å². The molecular formula is C20H22FNO5S. The molecule has 0 radical (unpaired) electrons. The number of hydrogen-bond donors (Lipinski definition) is 0. The summed E-state index contributed by atoms with van der Waals surface area (Å²) in [6.45, 7) is 0.836. The van der Waals surface area contributed by atoms with Gasteiger partial charge in [0, 0.05) is 13.1 Å². The minimum Gasteiger partial charge on any atom is -0.494 e. The maximum atomic E-state index is 13.7. The van der Waals surface area contributed by atoms with Crippen LogP contribution in [0.25, 0.3) is 0 Å². The fourth-order valence-electron chi connectivity index (χ4n) is 3.07. The summed E-state index contributed by atoms with van der Waals surface area (Å²) in [7, 11) is -2.27. The molecule has 1 aliphatic rings. The zero-order valence-electron chi connectivity index (χ0n) is 15.6. The van der Waals surface area contributed by atoms with Gasteiger partial charge >= 0.3 is 5.97 Å². The van der Waals surface area contributed by atoms with Crippen LogP contribution in [0.1, 0.15) is 35.2 Å². The number of methoxy groups -OCH3 is 1. The van der Waals surface area contributed by atoms with Gasteiger partial charge in [0.25, 0.3) is 0 Å². The highest BCUT2D eigenvalue weighted by Gasteiger charge is 2.26. The molecule has 0 aliphatic carbocycles. The highest BCUT2D eigenvalue weighted by molar-refractivity contribution is 7.89. The molecule has 2 aromatic carbocycles. The van der Waals surface area contributed by atoms with E-state index in [1.54, 1.807) is 6.07 Å². The predicted octanol–water partition coefficient (Wildman–Crippen LogP) is 3.37. The maximum absolute atomic E-state index is 13.7. The number of esters is 1. The SMILES string of the molecule is COc1ccc(COC(=O)c2cccc(S(=O)(=O)N3CCCCC3)c2)cc1F. The van der Waals surface area contributed by atoms with Crippen LogP contribution in [0.4, 0.5) is 4.39 Å².